The predicted octanol–water partition coefficient (Wildman–Crippen LogP) is 4.11. The molecule has 0 amide bonds. The van der Waals surface area contributed by atoms with Gasteiger partial charge in [0.05, 0.1) is 10.7 Å². The number of carbonyl (C=O) groups is 1. The number of benzene rings is 1. The second-order valence-electron chi connectivity index (χ2n) is 5.11. The standard InChI is InChI=1S/C16H17NOS/c18-15-9-5-4-8-13(15)10-16-17-14(11-19-16)12-6-2-1-3-7-12/h1-3,6-7,11,13H,4-5,8-10H2. The number of hydrogen-bond donors (Lipinski definition) is 0. The van der Waals surface area contributed by atoms with Gasteiger partial charge in [0.15, 0.2) is 0 Å². The van der Waals surface area contributed by atoms with E-state index in [0.717, 1.165) is 41.9 Å². The van der Waals surface area contributed by atoms with E-state index in [2.05, 4.69) is 22.5 Å². The second-order valence-corrected chi connectivity index (χ2v) is 6.05. The average molecular weight is 271 g/mol. The minimum atomic E-state index is 0.212. The molecule has 1 aromatic heterocycles. The quantitative estimate of drug-likeness (QED) is 0.840. The van der Waals surface area contributed by atoms with Gasteiger partial charge >= 0.3 is 0 Å². The van der Waals surface area contributed by atoms with Crippen LogP contribution in [0.25, 0.3) is 11.3 Å². The third kappa shape index (κ3) is 2.92. The highest BCUT2D eigenvalue weighted by Crippen LogP contribution is 2.27. The van der Waals surface area contributed by atoms with Gasteiger partial charge in [0.2, 0.25) is 0 Å². The minimum absolute atomic E-state index is 0.212. The van der Waals surface area contributed by atoms with E-state index in [1.54, 1.807) is 11.3 Å². The number of ketones is 1. The van der Waals surface area contributed by atoms with Gasteiger partial charge in [0.25, 0.3) is 0 Å². The average Bonchev–Trinajstić information content (AvgIpc) is 2.91. The summed E-state index contributed by atoms with van der Waals surface area (Å²) in [6.07, 6.45) is 4.90. The molecular formula is C16H17NOS. The summed E-state index contributed by atoms with van der Waals surface area (Å²) in [5.74, 6) is 0.645. The van der Waals surface area contributed by atoms with Crippen molar-refractivity contribution in [2.45, 2.75) is 32.1 Å². The summed E-state index contributed by atoms with van der Waals surface area (Å²) in [5, 5.41) is 3.19. The molecule has 0 radical (unpaired) electrons. The molecule has 98 valence electrons. The van der Waals surface area contributed by atoms with E-state index in [1.807, 2.05) is 18.2 Å². The van der Waals surface area contributed by atoms with Gasteiger partial charge in [-0.05, 0) is 12.8 Å². The van der Waals surface area contributed by atoms with Crippen molar-refractivity contribution in [2.75, 3.05) is 0 Å². The van der Waals surface area contributed by atoms with Gasteiger partial charge in [-0.1, -0.05) is 36.8 Å². The van der Waals surface area contributed by atoms with Crippen molar-refractivity contribution in [1.82, 2.24) is 4.98 Å². The molecule has 1 atom stereocenters. The molecule has 0 N–H and O–H groups in total. The number of hydrogen-bond acceptors (Lipinski definition) is 3. The molecular weight excluding hydrogens is 254 g/mol. The Balaban J connectivity index is 1.73. The van der Waals surface area contributed by atoms with Crippen LogP contribution in [0.5, 0.6) is 0 Å². The third-order valence-electron chi connectivity index (χ3n) is 3.72. The van der Waals surface area contributed by atoms with Crippen molar-refractivity contribution in [3.63, 3.8) is 0 Å². The lowest BCUT2D eigenvalue weighted by Gasteiger charge is -2.18. The minimum Gasteiger partial charge on any atom is -0.299 e. The SMILES string of the molecule is O=C1CCCCC1Cc1nc(-c2ccccc2)cs1. The summed E-state index contributed by atoms with van der Waals surface area (Å²) in [6.45, 7) is 0. The van der Waals surface area contributed by atoms with E-state index < -0.39 is 0 Å². The maximum absolute atomic E-state index is 11.9. The Labute approximate surface area is 117 Å². The number of thiazole rings is 1. The lowest BCUT2D eigenvalue weighted by molar-refractivity contribution is -0.124. The van der Waals surface area contributed by atoms with Crippen molar-refractivity contribution >= 4 is 17.1 Å². The number of nitrogens with zero attached hydrogens (tertiary/aromatic N) is 1. The first-order valence-corrected chi connectivity index (χ1v) is 7.73. The molecule has 1 fully saturated rings. The normalized spacial score (nSPS) is 19.6. The summed E-state index contributed by atoms with van der Waals surface area (Å²) in [7, 11) is 0. The largest absolute Gasteiger partial charge is 0.299 e. The van der Waals surface area contributed by atoms with Gasteiger partial charge in [-0.3, -0.25) is 4.79 Å². The Bertz CT molecular complexity index is 561. The summed E-state index contributed by atoms with van der Waals surface area (Å²) >= 11 is 1.68. The Morgan fingerprint density at radius 2 is 2.05 bits per heavy atom. The summed E-state index contributed by atoms with van der Waals surface area (Å²) in [5.41, 5.74) is 2.18. The van der Waals surface area contributed by atoms with Crippen LogP contribution in [0.4, 0.5) is 0 Å². The van der Waals surface area contributed by atoms with Gasteiger partial charge in [0.1, 0.15) is 5.78 Å². The molecule has 1 unspecified atom stereocenters. The molecule has 0 aliphatic heterocycles. The number of rotatable bonds is 3. The zero-order chi connectivity index (χ0) is 13.1. The van der Waals surface area contributed by atoms with Crippen LogP contribution in [-0.4, -0.2) is 10.8 Å². The van der Waals surface area contributed by atoms with E-state index >= 15 is 0 Å². The van der Waals surface area contributed by atoms with Crippen LogP contribution >= 0.6 is 11.3 Å². The Morgan fingerprint density at radius 1 is 1.21 bits per heavy atom. The molecule has 0 bridgehead atoms. The van der Waals surface area contributed by atoms with Crippen LogP contribution in [0.15, 0.2) is 35.7 Å². The van der Waals surface area contributed by atoms with Crippen molar-refractivity contribution in [3.8, 4) is 11.3 Å². The zero-order valence-corrected chi connectivity index (χ0v) is 11.7. The predicted molar refractivity (Wildman–Crippen MR) is 78.2 cm³/mol. The fourth-order valence-corrected chi connectivity index (χ4v) is 3.51. The highest BCUT2D eigenvalue weighted by atomic mass is 32.1. The fourth-order valence-electron chi connectivity index (χ4n) is 2.63. The van der Waals surface area contributed by atoms with Gasteiger partial charge in [-0.25, -0.2) is 4.98 Å². The molecule has 1 aromatic carbocycles. The monoisotopic (exact) mass is 271 g/mol. The van der Waals surface area contributed by atoms with Crippen LogP contribution in [-0.2, 0) is 11.2 Å². The maximum atomic E-state index is 11.9. The van der Waals surface area contributed by atoms with Crippen molar-refractivity contribution in [3.05, 3.63) is 40.7 Å². The zero-order valence-electron chi connectivity index (χ0n) is 10.8. The highest BCUT2D eigenvalue weighted by molar-refractivity contribution is 7.09. The fraction of sp³-hybridized carbons (Fsp3) is 0.375. The van der Waals surface area contributed by atoms with E-state index in [-0.39, 0.29) is 5.92 Å². The van der Waals surface area contributed by atoms with Crippen LogP contribution in [0.1, 0.15) is 30.7 Å². The van der Waals surface area contributed by atoms with Crippen molar-refractivity contribution in [1.29, 1.82) is 0 Å². The molecule has 3 rings (SSSR count). The highest BCUT2D eigenvalue weighted by Gasteiger charge is 2.23. The molecule has 19 heavy (non-hydrogen) atoms. The van der Waals surface area contributed by atoms with Crippen LogP contribution in [0.3, 0.4) is 0 Å². The van der Waals surface area contributed by atoms with E-state index in [0.29, 0.717) is 5.78 Å². The summed E-state index contributed by atoms with van der Waals surface area (Å²) in [4.78, 5) is 16.5. The first-order valence-electron chi connectivity index (χ1n) is 6.85. The molecule has 1 heterocycles. The van der Waals surface area contributed by atoms with Gasteiger partial charge in [0, 0.05) is 29.7 Å². The molecule has 1 saturated carbocycles. The smallest absolute Gasteiger partial charge is 0.136 e. The van der Waals surface area contributed by atoms with Crippen LogP contribution < -0.4 is 0 Å². The Hall–Kier alpha value is -1.48. The number of carbonyl (C=O) groups excluding carboxylic acids is 1. The Kier molecular flexibility index (Phi) is 3.74. The lowest BCUT2D eigenvalue weighted by Crippen LogP contribution is -2.20. The summed E-state index contributed by atoms with van der Waals surface area (Å²) in [6, 6.07) is 10.2. The first kappa shape index (κ1) is 12.5. The Morgan fingerprint density at radius 3 is 2.84 bits per heavy atom. The molecule has 3 heteroatoms. The first-order chi connectivity index (χ1) is 9.33. The lowest BCUT2D eigenvalue weighted by atomic mass is 9.86. The van der Waals surface area contributed by atoms with E-state index in [4.69, 9.17) is 0 Å². The van der Waals surface area contributed by atoms with Crippen molar-refractivity contribution in [2.24, 2.45) is 5.92 Å². The molecule has 0 saturated heterocycles. The molecule has 2 aromatic rings. The summed E-state index contributed by atoms with van der Waals surface area (Å²) < 4.78 is 0. The molecule has 2 nitrogen and oxygen atoms in total. The molecule has 1 aliphatic carbocycles. The van der Waals surface area contributed by atoms with Crippen molar-refractivity contribution < 1.29 is 4.79 Å². The van der Waals surface area contributed by atoms with Gasteiger partial charge < -0.3 is 0 Å². The number of aromatic nitrogens is 1. The topological polar surface area (TPSA) is 30.0 Å². The van der Waals surface area contributed by atoms with Crippen LogP contribution in [0.2, 0.25) is 0 Å². The van der Waals surface area contributed by atoms with Crippen LogP contribution in [0, 0.1) is 5.92 Å². The maximum Gasteiger partial charge on any atom is 0.136 e. The number of Topliss-reactive ketones (excluding diaryl/α,β-unsaturated/α-hetero) is 1. The molecule has 1 aliphatic rings. The van der Waals surface area contributed by atoms with E-state index in [9.17, 15) is 4.79 Å². The molecule has 0 spiro atoms. The third-order valence-corrected chi connectivity index (χ3v) is 4.59. The van der Waals surface area contributed by atoms with Gasteiger partial charge in [-0.15, -0.1) is 11.3 Å². The van der Waals surface area contributed by atoms with Gasteiger partial charge in [-0.2, -0.15) is 0 Å². The van der Waals surface area contributed by atoms with E-state index in [1.165, 1.54) is 6.42 Å². The second kappa shape index (κ2) is 5.66.